The summed E-state index contributed by atoms with van der Waals surface area (Å²) in [5.41, 5.74) is -1.97. The van der Waals surface area contributed by atoms with Gasteiger partial charge in [-0.3, -0.25) is 14.4 Å². The number of aromatic hydroxyl groups is 2. The Hall–Kier alpha value is -3.18. The quantitative estimate of drug-likeness (QED) is 0.282. The molecule has 0 bridgehead atoms. The third-order valence-corrected chi connectivity index (χ3v) is 6.31. The molecule has 1 heterocycles. The van der Waals surface area contributed by atoms with Crippen LogP contribution < -0.4 is 15.2 Å². The lowest BCUT2D eigenvalue weighted by atomic mass is 9.70. The van der Waals surface area contributed by atoms with Crippen molar-refractivity contribution in [3.63, 3.8) is 0 Å². The van der Waals surface area contributed by atoms with Gasteiger partial charge in [0.1, 0.15) is 34.0 Å². The number of hydrogen-bond donors (Lipinski definition) is 4. The Morgan fingerprint density at radius 1 is 1.23 bits per heavy atom. The van der Waals surface area contributed by atoms with Gasteiger partial charge < -0.3 is 20.3 Å². The van der Waals surface area contributed by atoms with Gasteiger partial charge in [-0.05, 0) is 27.7 Å². The Labute approximate surface area is 178 Å². The number of carbonyl (C=O) groups is 3. The van der Waals surface area contributed by atoms with Crippen LogP contribution in [0.3, 0.4) is 0 Å². The van der Waals surface area contributed by atoms with Gasteiger partial charge in [-0.15, -0.1) is 0 Å². The molecule has 1 aromatic carbocycles. The van der Waals surface area contributed by atoms with Gasteiger partial charge in [0.25, 0.3) is 0 Å². The molecule has 0 spiro atoms. The van der Waals surface area contributed by atoms with Crippen molar-refractivity contribution in [2.45, 2.75) is 33.1 Å². The Kier molecular flexibility index (Phi) is 5.23. The van der Waals surface area contributed by atoms with E-state index in [1.807, 2.05) is 0 Å². The van der Waals surface area contributed by atoms with E-state index in [-0.39, 0.29) is 46.0 Å². The first-order valence-corrected chi connectivity index (χ1v) is 11.0. The number of nitrogens with one attached hydrogen (secondary N) is 1. The lowest BCUT2D eigenvalue weighted by Crippen LogP contribution is -2.41. The molecule has 0 fully saturated rings. The molecule has 2 aliphatic rings. The fourth-order valence-corrected chi connectivity index (χ4v) is 4.22. The van der Waals surface area contributed by atoms with Crippen LogP contribution in [0, 0.1) is 6.92 Å². The number of phenols is 2. The van der Waals surface area contributed by atoms with Crippen molar-refractivity contribution >= 4 is 27.4 Å². The normalized spacial score (nSPS) is 21.8. The van der Waals surface area contributed by atoms with E-state index >= 15 is 0 Å². The van der Waals surface area contributed by atoms with Crippen LogP contribution in [0.15, 0.2) is 23.1 Å². The maximum absolute atomic E-state index is 13.5. The lowest BCUT2D eigenvalue weighted by Gasteiger charge is -2.29. The number of sulfonamides is 1. The molecule has 0 aromatic heterocycles. The van der Waals surface area contributed by atoms with Crippen LogP contribution in [-0.4, -0.2) is 48.3 Å². The summed E-state index contributed by atoms with van der Waals surface area (Å²) in [6.45, 7) is 5.35. The summed E-state index contributed by atoms with van der Waals surface area (Å²) in [5, 5.41) is 28.7. The summed E-state index contributed by atoms with van der Waals surface area (Å²) in [6.07, 6.45) is 1.08. The molecule has 0 saturated carbocycles. The average Bonchev–Trinajstić information content (AvgIpc) is 2.92. The summed E-state index contributed by atoms with van der Waals surface area (Å²) in [5.74, 6) is -3.50. The van der Waals surface area contributed by atoms with Crippen LogP contribution in [0.1, 0.15) is 42.3 Å². The van der Waals surface area contributed by atoms with E-state index in [1.165, 1.54) is 27.7 Å². The molecule has 0 radical (unpaired) electrons. The van der Waals surface area contributed by atoms with Crippen molar-refractivity contribution in [1.82, 2.24) is 5.32 Å². The maximum Gasteiger partial charge on any atom is 0.210 e. The van der Waals surface area contributed by atoms with Gasteiger partial charge in [0, 0.05) is 23.9 Å². The highest BCUT2D eigenvalue weighted by molar-refractivity contribution is 7.89. The molecular weight excluding hydrogens is 428 g/mol. The number of ketones is 3. The Morgan fingerprint density at radius 3 is 2.39 bits per heavy atom. The smallest absolute Gasteiger partial charge is 0.210 e. The monoisotopic (exact) mass is 450 g/mol. The molecule has 166 valence electrons. The number of nitrogens with two attached hydrogens (primary N) is 1. The number of rotatable bonds is 5. The largest absolute Gasteiger partial charge is 0.507 e. The van der Waals surface area contributed by atoms with Crippen LogP contribution in [-0.2, 0) is 25.0 Å². The number of Topliss-reactive ketones (excluding diaryl/α,β-unsaturated/α-hetero) is 2. The van der Waals surface area contributed by atoms with E-state index in [0.717, 1.165) is 6.08 Å². The lowest BCUT2D eigenvalue weighted by molar-refractivity contribution is -0.123. The molecule has 3 rings (SSSR count). The minimum atomic E-state index is -3.75. The molecule has 0 amide bonds. The summed E-state index contributed by atoms with van der Waals surface area (Å²) in [7, 11) is -3.75. The van der Waals surface area contributed by atoms with Gasteiger partial charge in [0.05, 0.1) is 16.9 Å². The molecule has 0 unspecified atom stereocenters. The highest BCUT2D eigenvalue weighted by atomic mass is 32.2. The van der Waals surface area contributed by atoms with E-state index in [9.17, 15) is 33.0 Å². The summed E-state index contributed by atoms with van der Waals surface area (Å²) in [4.78, 5) is 38.3. The van der Waals surface area contributed by atoms with Gasteiger partial charge in [-0.2, -0.15) is 0 Å². The van der Waals surface area contributed by atoms with Crippen molar-refractivity contribution in [3.8, 4) is 17.2 Å². The van der Waals surface area contributed by atoms with E-state index in [2.05, 4.69) is 5.32 Å². The predicted molar refractivity (Wildman–Crippen MR) is 109 cm³/mol. The molecule has 1 aliphatic carbocycles. The van der Waals surface area contributed by atoms with Crippen LogP contribution in [0.5, 0.6) is 17.2 Å². The van der Waals surface area contributed by atoms with Crippen molar-refractivity contribution in [2.75, 3.05) is 12.3 Å². The molecule has 10 nitrogen and oxygen atoms in total. The number of ether oxygens (including phenoxy) is 1. The van der Waals surface area contributed by atoms with Crippen molar-refractivity contribution in [3.05, 3.63) is 39.8 Å². The van der Waals surface area contributed by atoms with Crippen LogP contribution in [0.2, 0.25) is 0 Å². The van der Waals surface area contributed by atoms with Crippen LogP contribution in [0.4, 0.5) is 0 Å². The van der Waals surface area contributed by atoms with Gasteiger partial charge in [-0.25, -0.2) is 13.6 Å². The summed E-state index contributed by atoms with van der Waals surface area (Å²) >= 11 is 0. The summed E-state index contributed by atoms with van der Waals surface area (Å²) in [6, 6.07) is 0. The van der Waals surface area contributed by atoms with E-state index < -0.39 is 50.0 Å². The second-order valence-corrected chi connectivity index (χ2v) is 9.41. The zero-order valence-electron chi connectivity index (χ0n) is 17.3. The number of primary sulfonamides is 1. The van der Waals surface area contributed by atoms with Gasteiger partial charge in [-0.1, -0.05) is 0 Å². The maximum atomic E-state index is 13.5. The minimum Gasteiger partial charge on any atom is -0.507 e. The molecule has 1 atom stereocenters. The van der Waals surface area contributed by atoms with Gasteiger partial charge in [0.15, 0.2) is 17.3 Å². The SMILES string of the molecule is CC(=O)c1c(O)c(C)c(O)c2c1OC1=CC(=O)/C(=C(/C)NCCS(N)(=O)=O)C(=O)[C@]12C. The number of carbonyl (C=O) groups excluding carboxylic acids is 3. The Bertz CT molecular complexity index is 1230. The average molecular weight is 450 g/mol. The number of fused-ring (bicyclic) bond motifs is 3. The van der Waals surface area contributed by atoms with E-state index in [4.69, 9.17) is 9.88 Å². The first-order chi connectivity index (χ1) is 14.2. The highest BCUT2D eigenvalue weighted by Gasteiger charge is 2.56. The van der Waals surface area contributed by atoms with E-state index in [0.29, 0.717) is 0 Å². The highest BCUT2D eigenvalue weighted by Crippen LogP contribution is 2.57. The van der Waals surface area contributed by atoms with E-state index in [1.54, 1.807) is 0 Å². The number of phenolic OH excluding ortho intramolecular Hbond substituents is 2. The van der Waals surface area contributed by atoms with Crippen molar-refractivity contribution in [2.24, 2.45) is 5.14 Å². The molecule has 11 heteroatoms. The molecule has 0 saturated heterocycles. The molecule has 31 heavy (non-hydrogen) atoms. The summed E-state index contributed by atoms with van der Waals surface area (Å²) < 4.78 is 27.9. The fraction of sp³-hybridized carbons (Fsp3) is 0.350. The number of allylic oxidation sites excluding steroid dienone is 4. The minimum absolute atomic E-state index is 0.00625. The number of benzene rings is 1. The predicted octanol–water partition coefficient (Wildman–Crippen LogP) is 0.447. The zero-order valence-corrected chi connectivity index (χ0v) is 18.1. The van der Waals surface area contributed by atoms with Crippen LogP contribution in [0.25, 0.3) is 0 Å². The zero-order chi connectivity index (χ0) is 23.5. The molecule has 1 aromatic rings. The number of hydrogen-bond acceptors (Lipinski definition) is 9. The van der Waals surface area contributed by atoms with Gasteiger partial charge >= 0.3 is 0 Å². The van der Waals surface area contributed by atoms with Crippen molar-refractivity contribution in [1.29, 1.82) is 0 Å². The third-order valence-electron chi connectivity index (χ3n) is 5.54. The molecule has 1 aliphatic heterocycles. The van der Waals surface area contributed by atoms with Crippen LogP contribution >= 0.6 is 0 Å². The Balaban J connectivity index is 2.19. The first-order valence-electron chi connectivity index (χ1n) is 9.26. The molecule has 5 N–H and O–H groups in total. The standard InChI is InChI=1S/C20H22N2O8S/c1-8-16(25)14(10(3)23)18-15(17(8)26)20(4)12(30-18)7-11(24)13(19(20)27)9(2)22-5-6-31(21,28)29/h7,22,25-26H,5-6H2,1-4H3,(H2,21,28,29)/b13-9+/t20-/m1/s1. The van der Waals surface area contributed by atoms with Crippen molar-refractivity contribution < 1.29 is 37.8 Å². The van der Waals surface area contributed by atoms with Gasteiger partial charge in [0.2, 0.25) is 10.0 Å². The topological polar surface area (TPSA) is 173 Å². The second-order valence-electron chi connectivity index (χ2n) is 7.68. The third kappa shape index (κ3) is 3.39. The fourth-order valence-electron chi connectivity index (χ4n) is 3.83. The molecular formula is C20H22N2O8S. The Morgan fingerprint density at radius 2 is 1.84 bits per heavy atom. The second kappa shape index (κ2) is 7.20. The first kappa shape index (κ1) is 22.5.